The second-order valence-electron chi connectivity index (χ2n) is 4.18. The highest BCUT2D eigenvalue weighted by molar-refractivity contribution is 6.21. The van der Waals surface area contributed by atoms with Crippen LogP contribution in [-0.4, -0.2) is 36.2 Å². The molecule has 1 aromatic carbocycles. The van der Waals surface area contributed by atoms with Gasteiger partial charge in [-0.2, -0.15) is 0 Å². The fourth-order valence-electron chi connectivity index (χ4n) is 1.81. The van der Waals surface area contributed by atoms with Crippen LogP contribution in [0.25, 0.3) is 0 Å². The number of aliphatic hydroxyl groups is 1. The molecule has 96 valence electrons. The van der Waals surface area contributed by atoms with Gasteiger partial charge in [-0.25, -0.2) is 0 Å². The second-order valence-corrected chi connectivity index (χ2v) is 4.71. The molecule has 2 nitrogen and oxygen atoms in total. The van der Waals surface area contributed by atoms with Gasteiger partial charge in [-0.15, -0.1) is 11.6 Å². The van der Waals surface area contributed by atoms with Gasteiger partial charge in [0.2, 0.25) is 0 Å². The van der Waals surface area contributed by atoms with Gasteiger partial charge in [0.15, 0.2) is 0 Å². The van der Waals surface area contributed by atoms with Crippen molar-refractivity contribution in [1.82, 2.24) is 4.90 Å². The highest BCUT2D eigenvalue weighted by Gasteiger charge is 2.12. The maximum absolute atomic E-state index is 8.93. The molecule has 1 atom stereocenters. The lowest BCUT2D eigenvalue weighted by Crippen LogP contribution is -2.29. The molecule has 0 heterocycles. The number of rotatable bonds is 7. The van der Waals surface area contributed by atoms with E-state index in [0.29, 0.717) is 6.54 Å². The third-order valence-electron chi connectivity index (χ3n) is 3.03. The number of aryl methyl sites for hydroxylation is 1. The molecule has 0 bridgehead atoms. The smallest absolute Gasteiger partial charge is 0.0712 e. The summed E-state index contributed by atoms with van der Waals surface area (Å²) in [5.41, 5.74) is 2.49. The van der Waals surface area contributed by atoms with Gasteiger partial charge in [0, 0.05) is 13.1 Å². The number of alkyl halides is 1. The molecule has 0 spiro atoms. The lowest BCUT2D eigenvalue weighted by molar-refractivity contribution is 0.202. The van der Waals surface area contributed by atoms with Crippen molar-refractivity contribution in [2.75, 3.05) is 26.2 Å². The number of nitrogens with zero attached hydrogens (tertiary/aromatic N) is 1. The molecular weight excluding hydrogens is 234 g/mol. The Morgan fingerprint density at radius 2 is 1.88 bits per heavy atom. The normalized spacial score (nSPS) is 13.0. The summed E-state index contributed by atoms with van der Waals surface area (Å²) >= 11 is 6.39. The van der Waals surface area contributed by atoms with Crippen LogP contribution in [0.1, 0.15) is 30.4 Å². The van der Waals surface area contributed by atoms with Crippen LogP contribution in [0.3, 0.4) is 0 Å². The number of hydrogen-bond acceptors (Lipinski definition) is 2. The summed E-state index contributed by atoms with van der Waals surface area (Å²) in [7, 11) is 0. The van der Waals surface area contributed by atoms with E-state index < -0.39 is 0 Å². The third kappa shape index (κ3) is 4.66. The largest absolute Gasteiger partial charge is 0.395 e. The first-order chi connectivity index (χ1) is 8.21. The van der Waals surface area contributed by atoms with E-state index in [4.69, 9.17) is 16.7 Å². The van der Waals surface area contributed by atoms with Crippen molar-refractivity contribution in [3.63, 3.8) is 0 Å². The highest BCUT2D eigenvalue weighted by atomic mass is 35.5. The molecule has 1 aromatic rings. The number of benzene rings is 1. The molecule has 0 aliphatic rings. The maximum atomic E-state index is 8.93. The van der Waals surface area contributed by atoms with Gasteiger partial charge in [-0.1, -0.05) is 38.1 Å². The number of likely N-dealkylation sites (N-methyl/N-ethyl adjacent to an activating group) is 1. The average Bonchev–Trinajstić information content (AvgIpc) is 2.38. The third-order valence-corrected chi connectivity index (χ3v) is 3.42. The van der Waals surface area contributed by atoms with E-state index in [1.54, 1.807) is 0 Å². The Balaban J connectivity index is 2.58. The number of aliphatic hydroxyl groups excluding tert-OH is 1. The molecular formula is C14H22ClNO. The van der Waals surface area contributed by atoms with Crippen molar-refractivity contribution in [2.45, 2.75) is 25.6 Å². The molecule has 3 heteroatoms. The van der Waals surface area contributed by atoms with Crippen molar-refractivity contribution in [3.05, 3.63) is 35.4 Å². The van der Waals surface area contributed by atoms with Crippen molar-refractivity contribution < 1.29 is 5.11 Å². The molecule has 1 N–H and O–H groups in total. The average molecular weight is 256 g/mol. The first-order valence-electron chi connectivity index (χ1n) is 6.27. The Kier molecular flexibility index (Phi) is 6.56. The summed E-state index contributed by atoms with van der Waals surface area (Å²) in [6, 6.07) is 8.46. The van der Waals surface area contributed by atoms with Crippen molar-refractivity contribution in [3.8, 4) is 0 Å². The van der Waals surface area contributed by atoms with Gasteiger partial charge in [-0.3, -0.25) is 4.90 Å². The van der Waals surface area contributed by atoms with E-state index in [9.17, 15) is 0 Å². The second kappa shape index (κ2) is 7.70. The topological polar surface area (TPSA) is 23.5 Å². The lowest BCUT2D eigenvalue weighted by atomic mass is 10.1. The maximum Gasteiger partial charge on any atom is 0.0712 e. The summed E-state index contributed by atoms with van der Waals surface area (Å²) in [5, 5.41) is 8.93. The van der Waals surface area contributed by atoms with Crippen molar-refractivity contribution in [1.29, 1.82) is 0 Å². The summed E-state index contributed by atoms with van der Waals surface area (Å²) in [6.07, 6.45) is 1.05. The van der Waals surface area contributed by atoms with Crippen LogP contribution in [-0.2, 0) is 6.42 Å². The number of hydrogen-bond donors (Lipinski definition) is 1. The van der Waals surface area contributed by atoms with Gasteiger partial charge in [-0.05, 0) is 24.1 Å². The Hall–Kier alpha value is -0.570. The molecule has 0 fully saturated rings. The van der Waals surface area contributed by atoms with E-state index in [0.717, 1.165) is 25.1 Å². The first-order valence-corrected chi connectivity index (χ1v) is 6.71. The predicted octanol–water partition coefficient (Wildman–Crippen LogP) is 2.84. The van der Waals surface area contributed by atoms with Gasteiger partial charge >= 0.3 is 0 Å². The lowest BCUT2D eigenvalue weighted by Gasteiger charge is -2.22. The van der Waals surface area contributed by atoms with Gasteiger partial charge in [0.05, 0.1) is 12.0 Å². The molecule has 0 saturated heterocycles. The Labute approximate surface area is 109 Å². The monoisotopic (exact) mass is 255 g/mol. The van der Waals surface area contributed by atoms with Crippen LogP contribution < -0.4 is 0 Å². The summed E-state index contributed by atoms with van der Waals surface area (Å²) in [6.45, 7) is 6.80. The summed E-state index contributed by atoms with van der Waals surface area (Å²) in [5.74, 6) is 0. The molecule has 0 aliphatic heterocycles. The van der Waals surface area contributed by atoms with Crippen molar-refractivity contribution >= 4 is 11.6 Å². The minimum Gasteiger partial charge on any atom is -0.395 e. The van der Waals surface area contributed by atoms with Crippen LogP contribution >= 0.6 is 11.6 Å². The van der Waals surface area contributed by atoms with Crippen LogP contribution in [0.5, 0.6) is 0 Å². The predicted molar refractivity (Wildman–Crippen MR) is 73.6 cm³/mol. The molecule has 1 rings (SSSR count). The van der Waals surface area contributed by atoms with Crippen LogP contribution in [0.2, 0.25) is 0 Å². The minimum atomic E-state index is -0.00703. The van der Waals surface area contributed by atoms with Crippen LogP contribution in [0.15, 0.2) is 24.3 Å². The highest BCUT2D eigenvalue weighted by Crippen LogP contribution is 2.22. The van der Waals surface area contributed by atoms with Gasteiger partial charge in [0.25, 0.3) is 0 Å². The number of halogens is 1. The van der Waals surface area contributed by atoms with E-state index in [1.807, 2.05) is 0 Å². The zero-order valence-electron chi connectivity index (χ0n) is 10.7. The molecule has 0 amide bonds. The molecule has 0 aromatic heterocycles. The standard InChI is InChI=1S/C14H22ClNO/c1-3-12-5-7-13(8-6-12)14(15)11-16(4-2)9-10-17/h5-8,14,17H,3-4,9-11H2,1-2H3. The SMILES string of the molecule is CCc1ccc(C(Cl)CN(CC)CCO)cc1. The molecule has 0 aliphatic carbocycles. The van der Waals surface area contributed by atoms with Crippen LogP contribution in [0.4, 0.5) is 0 Å². The Bertz CT molecular complexity index is 313. The van der Waals surface area contributed by atoms with E-state index >= 15 is 0 Å². The molecule has 0 radical (unpaired) electrons. The Morgan fingerprint density at radius 1 is 1.24 bits per heavy atom. The quantitative estimate of drug-likeness (QED) is 0.758. The minimum absolute atomic E-state index is 0.00703. The van der Waals surface area contributed by atoms with Gasteiger partial charge in [0.1, 0.15) is 0 Å². The summed E-state index contributed by atoms with van der Waals surface area (Å²) in [4.78, 5) is 2.16. The Morgan fingerprint density at radius 3 is 2.35 bits per heavy atom. The zero-order chi connectivity index (χ0) is 12.7. The molecule has 0 saturated carbocycles. The van der Waals surface area contributed by atoms with Crippen LogP contribution in [0, 0.1) is 0 Å². The molecule has 1 unspecified atom stereocenters. The fraction of sp³-hybridized carbons (Fsp3) is 0.571. The zero-order valence-corrected chi connectivity index (χ0v) is 11.5. The van der Waals surface area contributed by atoms with E-state index in [-0.39, 0.29) is 12.0 Å². The van der Waals surface area contributed by atoms with Gasteiger partial charge < -0.3 is 5.11 Å². The van der Waals surface area contributed by atoms with E-state index in [2.05, 4.69) is 43.0 Å². The summed E-state index contributed by atoms with van der Waals surface area (Å²) < 4.78 is 0. The van der Waals surface area contributed by atoms with Crippen molar-refractivity contribution in [2.24, 2.45) is 0 Å². The molecule has 17 heavy (non-hydrogen) atoms. The fourth-order valence-corrected chi connectivity index (χ4v) is 2.15. The first kappa shape index (κ1) is 14.5. The van der Waals surface area contributed by atoms with E-state index in [1.165, 1.54) is 5.56 Å².